The van der Waals surface area contributed by atoms with Crippen LogP contribution in [0.1, 0.15) is 41.5 Å². The summed E-state index contributed by atoms with van der Waals surface area (Å²) in [5.74, 6) is 0. The van der Waals surface area contributed by atoms with Gasteiger partial charge in [0.1, 0.15) is 0 Å². The molecule has 0 saturated carbocycles. The Balaban J connectivity index is 2.63. The van der Waals surface area contributed by atoms with E-state index in [1.54, 1.807) is 0 Å². The van der Waals surface area contributed by atoms with Crippen molar-refractivity contribution in [2.24, 2.45) is 15.8 Å². The first-order chi connectivity index (χ1) is 5.71. The van der Waals surface area contributed by atoms with Gasteiger partial charge < -0.3 is 0 Å². The van der Waals surface area contributed by atoms with Crippen molar-refractivity contribution in [1.29, 1.82) is 0 Å². The Labute approximate surface area is 81.2 Å². The summed E-state index contributed by atoms with van der Waals surface area (Å²) in [6.45, 7) is 14.1. The lowest BCUT2D eigenvalue weighted by molar-refractivity contribution is 0.143. The van der Waals surface area contributed by atoms with E-state index in [4.69, 9.17) is 0 Å². The second-order valence-electron chi connectivity index (χ2n) is 5.84. The fourth-order valence-electron chi connectivity index (χ4n) is 1.22. The van der Waals surface area contributed by atoms with Gasteiger partial charge in [-0.3, -0.25) is 5.01 Å². The zero-order chi connectivity index (χ0) is 10.3. The van der Waals surface area contributed by atoms with E-state index in [1.165, 1.54) is 0 Å². The fraction of sp³-hybridized carbons (Fsp3) is 1.00. The number of hydrogen-bond acceptors (Lipinski definition) is 3. The van der Waals surface area contributed by atoms with Gasteiger partial charge in [-0.2, -0.15) is 5.11 Å². The lowest BCUT2D eigenvalue weighted by Gasteiger charge is -2.31. The molecule has 1 atom stereocenters. The fourth-order valence-corrected chi connectivity index (χ4v) is 1.22. The van der Waals surface area contributed by atoms with Crippen LogP contribution in [0.25, 0.3) is 0 Å². The average Bonchev–Trinajstić information content (AvgIpc) is 2.28. The normalized spacial score (nSPS) is 24.2. The largest absolute Gasteiger partial charge is 0.271 e. The Morgan fingerprint density at radius 1 is 1.08 bits per heavy atom. The first-order valence-corrected chi connectivity index (χ1v) is 4.89. The Morgan fingerprint density at radius 2 is 1.62 bits per heavy atom. The molecule has 0 aliphatic carbocycles. The predicted octanol–water partition coefficient (Wildman–Crippen LogP) is 2.88. The van der Waals surface area contributed by atoms with Gasteiger partial charge in [-0.05, 0) is 26.2 Å². The first kappa shape index (κ1) is 10.5. The Hall–Kier alpha value is -0.600. The van der Waals surface area contributed by atoms with Gasteiger partial charge in [0, 0.05) is 0 Å². The van der Waals surface area contributed by atoms with Crippen LogP contribution in [0.2, 0.25) is 0 Å². The molecule has 1 unspecified atom stereocenters. The van der Waals surface area contributed by atoms with Crippen molar-refractivity contribution in [3.63, 3.8) is 0 Å². The third-order valence-electron chi connectivity index (χ3n) is 2.42. The zero-order valence-electron chi connectivity index (χ0n) is 9.63. The van der Waals surface area contributed by atoms with E-state index in [-0.39, 0.29) is 11.0 Å². The summed E-state index contributed by atoms with van der Waals surface area (Å²) in [6.07, 6.45) is 0. The van der Waals surface area contributed by atoms with Crippen molar-refractivity contribution < 1.29 is 0 Å². The van der Waals surface area contributed by atoms with Gasteiger partial charge in [-0.15, -0.1) is 0 Å². The molecule has 0 aromatic heterocycles. The molecule has 0 spiro atoms. The maximum Gasteiger partial charge on any atom is 0.0969 e. The molecule has 3 nitrogen and oxygen atoms in total. The molecule has 0 N–H and O–H groups in total. The van der Waals surface area contributed by atoms with Gasteiger partial charge in [0.05, 0.1) is 18.1 Å². The van der Waals surface area contributed by atoms with E-state index < -0.39 is 0 Å². The summed E-state index contributed by atoms with van der Waals surface area (Å²) in [5, 5.41) is 10.6. The van der Waals surface area contributed by atoms with Gasteiger partial charge in [-0.1, -0.05) is 26.0 Å². The molecule has 13 heavy (non-hydrogen) atoms. The van der Waals surface area contributed by atoms with Crippen LogP contribution < -0.4 is 0 Å². The van der Waals surface area contributed by atoms with Gasteiger partial charge in [0.2, 0.25) is 0 Å². The quantitative estimate of drug-likeness (QED) is 0.567. The van der Waals surface area contributed by atoms with Crippen LogP contribution in [0.4, 0.5) is 0 Å². The Morgan fingerprint density at radius 3 is 1.85 bits per heavy atom. The third kappa shape index (κ3) is 2.42. The van der Waals surface area contributed by atoms with Gasteiger partial charge in [0.25, 0.3) is 0 Å². The highest BCUT2D eigenvalue weighted by molar-refractivity contribution is 4.88. The number of hydrogen-bond donors (Lipinski definition) is 0. The van der Waals surface area contributed by atoms with Gasteiger partial charge in [-0.25, -0.2) is 0 Å². The minimum atomic E-state index is 0.101. The summed E-state index contributed by atoms with van der Waals surface area (Å²) in [4.78, 5) is 0. The highest BCUT2D eigenvalue weighted by Gasteiger charge is 2.34. The molecule has 0 fully saturated rings. The topological polar surface area (TPSA) is 28.0 Å². The third-order valence-corrected chi connectivity index (χ3v) is 2.42. The maximum absolute atomic E-state index is 4.31. The van der Waals surface area contributed by atoms with E-state index in [2.05, 4.69) is 56.9 Å². The van der Waals surface area contributed by atoms with E-state index in [0.717, 1.165) is 6.54 Å². The van der Waals surface area contributed by atoms with E-state index in [1.807, 2.05) is 0 Å². The minimum Gasteiger partial charge on any atom is -0.271 e. The average molecular weight is 183 g/mol. The number of nitrogens with zero attached hydrogens (tertiary/aromatic N) is 3. The summed E-state index contributed by atoms with van der Waals surface area (Å²) < 4.78 is 0. The highest BCUT2D eigenvalue weighted by atomic mass is 15.6. The smallest absolute Gasteiger partial charge is 0.0969 e. The molecular formula is C10H21N3. The molecule has 0 aromatic rings. The minimum absolute atomic E-state index is 0.101. The summed E-state index contributed by atoms with van der Waals surface area (Å²) in [7, 11) is 0. The monoisotopic (exact) mass is 183 g/mol. The Bertz CT molecular complexity index is 185. The summed E-state index contributed by atoms with van der Waals surface area (Å²) >= 11 is 0. The van der Waals surface area contributed by atoms with Crippen LogP contribution in [0.5, 0.6) is 0 Å². The molecule has 76 valence electrons. The second kappa shape index (κ2) is 2.96. The van der Waals surface area contributed by atoms with Gasteiger partial charge >= 0.3 is 0 Å². The molecule has 0 radical (unpaired) electrons. The van der Waals surface area contributed by atoms with Crippen LogP contribution in [0.3, 0.4) is 0 Å². The van der Waals surface area contributed by atoms with Crippen molar-refractivity contribution in [2.45, 2.75) is 53.1 Å². The number of rotatable bonds is 0. The van der Waals surface area contributed by atoms with Crippen molar-refractivity contribution in [3.8, 4) is 0 Å². The predicted molar refractivity (Wildman–Crippen MR) is 54.6 cm³/mol. The van der Waals surface area contributed by atoms with Gasteiger partial charge in [0.15, 0.2) is 0 Å². The highest BCUT2D eigenvalue weighted by Crippen LogP contribution is 2.30. The molecule has 0 aromatic carbocycles. The van der Waals surface area contributed by atoms with Crippen molar-refractivity contribution in [2.75, 3.05) is 6.54 Å². The Kier molecular flexibility index (Phi) is 2.39. The van der Waals surface area contributed by atoms with Crippen molar-refractivity contribution in [1.82, 2.24) is 5.01 Å². The maximum atomic E-state index is 4.31. The van der Waals surface area contributed by atoms with Crippen molar-refractivity contribution >= 4 is 0 Å². The van der Waals surface area contributed by atoms with Crippen LogP contribution in [0.15, 0.2) is 10.3 Å². The second-order valence-corrected chi connectivity index (χ2v) is 5.84. The van der Waals surface area contributed by atoms with Crippen LogP contribution >= 0.6 is 0 Å². The molecule has 3 heteroatoms. The SMILES string of the molecule is CC(C)(C)C1CN(C(C)(C)C)N=N1. The molecule has 0 saturated heterocycles. The van der Waals surface area contributed by atoms with Crippen LogP contribution in [-0.2, 0) is 0 Å². The standard InChI is InChI=1S/C10H21N3/c1-9(2,3)8-7-13(12-11-8)10(4,5)6/h8H,7H2,1-6H3. The molecule has 1 rings (SSSR count). The molecule has 1 heterocycles. The van der Waals surface area contributed by atoms with E-state index in [0.29, 0.717) is 6.04 Å². The molecule has 1 aliphatic heterocycles. The van der Waals surface area contributed by atoms with E-state index in [9.17, 15) is 0 Å². The molecular weight excluding hydrogens is 162 g/mol. The first-order valence-electron chi connectivity index (χ1n) is 4.89. The lowest BCUT2D eigenvalue weighted by atomic mass is 9.87. The van der Waals surface area contributed by atoms with E-state index >= 15 is 0 Å². The lowest BCUT2D eigenvalue weighted by Crippen LogP contribution is -2.40. The van der Waals surface area contributed by atoms with Crippen LogP contribution in [0, 0.1) is 5.41 Å². The zero-order valence-corrected chi connectivity index (χ0v) is 9.63. The molecule has 0 amide bonds. The summed E-state index contributed by atoms with van der Waals surface area (Å²) in [5.41, 5.74) is 0.326. The summed E-state index contributed by atoms with van der Waals surface area (Å²) in [6, 6.07) is 0.340. The van der Waals surface area contributed by atoms with Crippen LogP contribution in [-0.4, -0.2) is 23.1 Å². The molecule has 1 aliphatic rings. The van der Waals surface area contributed by atoms with Crippen molar-refractivity contribution in [3.05, 3.63) is 0 Å². The molecule has 0 bridgehead atoms.